The third kappa shape index (κ3) is 3.24. The highest BCUT2D eigenvalue weighted by Gasteiger charge is 2.13. The molecular formula is C22H25N. The molecule has 0 bridgehead atoms. The number of aryl methyl sites for hydroxylation is 2. The van der Waals surface area contributed by atoms with E-state index in [-0.39, 0.29) is 5.41 Å². The van der Waals surface area contributed by atoms with Gasteiger partial charge < -0.3 is 4.98 Å². The Balaban J connectivity index is 1.93. The van der Waals surface area contributed by atoms with Crippen LogP contribution in [0.4, 0.5) is 0 Å². The van der Waals surface area contributed by atoms with E-state index in [0.717, 1.165) is 0 Å². The van der Waals surface area contributed by atoms with Gasteiger partial charge in [0.25, 0.3) is 0 Å². The Morgan fingerprint density at radius 2 is 1.48 bits per heavy atom. The highest BCUT2D eigenvalue weighted by Crippen LogP contribution is 2.30. The number of aromatic nitrogens is 1. The molecule has 0 saturated carbocycles. The Kier molecular flexibility index (Phi) is 3.89. The molecule has 0 saturated heterocycles. The number of nitrogens with one attached hydrogen (secondary N) is 1. The lowest BCUT2D eigenvalue weighted by atomic mass is 9.86. The Bertz CT molecular complexity index is 814. The molecule has 23 heavy (non-hydrogen) atoms. The van der Waals surface area contributed by atoms with Crippen LogP contribution in [0.1, 0.15) is 37.5 Å². The summed E-state index contributed by atoms with van der Waals surface area (Å²) in [4.78, 5) is 3.43. The van der Waals surface area contributed by atoms with Crippen molar-refractivity contribution in [2.45, 2.75) is 40.0 Å². The van der Waals surface area contributed by atoms with Crippen LogP contribution in [0.3, 0.4) is 0 Å². The van der Waals surface area contributed by atoms with Gasteiger partial charge in [-0.15, -0.1) is 0 Å². The minimum absolute atomic E-state index is 0.195. The fraction of sp³-hybridized carbons (Fsp3) is 0.273. The van der Waals surface area contributed by atoms with Crippen LogP contribution in [0.15, 0.2) is 54.7 Å². The number of hydrogen-bond donors (Lipinski definition) is 1. The lowest BCUT2D eigenvalue weighted by Gasteiger charge is -2.19. The van der Waals surface area contributed by atoms with Gasteiger partial charge in [-0.3, -0.25) is 0 Å². The van der Waals surface area contributed by atoms with Crippen LogP contribution in [-0.4, -0.2) is 4.98 Å². The summed E-state index contributed by atoms with van der Waals surface area (Å²) >= 11 is 0. The van der Waals surface area contributed by atoms with Crippen LogP contribution in [-0.2, 0) is 5.41 Å². The second-order valence-corrected chi connectivity index (χ2v) is 7.45. The van der Waals surface area contributed by atoms with E-state index in [1.165, 1.54) is 39.1 Å². The molecule has 118 valence electrons. The van der Waals surface area contributed by atoms with Gasteiger partial charge in [-0.05, 0) is 47.6 Å². The van der Waals surface area contributed by atoms with Crippen LogP contribution in [0, 0.1) is 13.8 Å². The standard InChI is InChI=1S/C22H25N/c1-15-6-11-20(16(2)12-15)21-13-18(14-23-21)17-7-9-19(10-8-17)22(3,4)5/h6-14,23H,1-5H3. The number of H-pyrrole nitrogens is 1. The smallest absolute Gasteiger partial charge is 0.0463 e. The van der Waals surface area contributed by atoms with Crippen LogP contribution in [0.25, 0.3) is 22.4 Å². The Labute approximate surface area is 139 Å². The first-order valence-electron chi connectivity index (χ1n) is 8.21. The van der Waals surface area contributed by atoms with E-state index < -0.39 is 0 Å². The third-order valence-electron chi connectivity index (χ3n) is 4.44. The molecule has 0 aliphatic rings. The van der Waals surface area contributed by atoms with Crippen LogP contribution in [0.2, 0.25) is 0 Å². The van der Waals surface area contributed by atoms with Crippen molar-refractivity contribution in [2.24, 2.45) is 0 Å². The Morgan fingerprint density at radius 1 is 0.783 bits per heavy atom. The Hall–Kier alpha value is -2.28. The van der Waals surface area contributed by atoms with Crippen LogP contribution < -0.4 is 0 Å². The van der Waals surface area contributed by atoms with Crippen molar-refractivity contribution in [3.63, 3.8) is 0 Å². The molecular weight excluding hydrogens is 278 g/mol. The molecule has 0 fully saturated rings. The molecule has 0 aliphatic heterocycles. The molecule has 3 aromatic rings. The zero-order valence-corrected chi connectivity index (χ0v) is 14.7. The van der Waals surface area contributed by atoms with E-state index >= 15 is 0 Å². The maximum Gasteiger partial charge on any atom is 0.0463 e. The van der Waals surface area contributed by atoms with Gasteiger partial charge in [0.15, 0.2) is 0 Å². The fourth-order valence-corrected chi connectivity index (χ4v) is 2.99. The minimum Gasteiger partial charge on any atom is -0.361 e. The molecule has 1 N–H and O–H groups in total. The van der Waals surface area contributed by atoms with Gasteiger partial charge in [-0.1, -0.05) is 68.8 Å². The van der Waals surface area contributed by atoms with E-state index in [2.05, 4.69) is 94.3 Å². The first-order chi connectivity index (χ1) is 10.8. The van der Waals surface area contributed by atoms with Crippen molar-refractivity contribution in [1.29, 1.82) is 0 Å². The molecule has 0 unspecified atom stereocenters. The van der Waals surface area contributed by atoms with E-state index in [0.29, 0.717) is 0 Å². The minimum atomic E-state index is 0.195. The van der Waals surface area contributed by atoms with Crippen LogP contribution in [0.5, 0.6) is 0 Å². The van der Waals surface area contributed by atoms with Crippen molar-refractivity contribution in [3.8, 4) is 22.4 Å². The molecule has 2 aromatic carbocycles. The molecule has 1 heteroatoms. The lowest BCUT2D eigenvalue weighted by Crippen LogP contribution is -2.10. The van der Waals surface area contributed by atoms with E-state index in [4.69, 9.17) is 0 Å². The molecule has 0 aliphatic carbocycles. The summed E-state index contributed by atoms with van der Waals surface area (Å²) < 4.78 is 0. The molecule has 0 atom stereocenters. The summed E-state index contributed by atoms with van der Waals surface area (Å²) in [5.74, 6) is 0. The largest absolute Gasteiger partial charge is 0.361 e. The summed E-state index contributed by atoms with van der Waals surface area (Å²) in [6.07, 6.45) is 2.10. The third-order valence-corrected chi connectivity index (χ3v) is 4.44. The number of hydrogen-bond acceptors (Lipinski definition) is 0. The molecule has 1 nitrogen and oxygen atoms in total. The maximum atomic E-state index is 3.43. The monoisotopic (exact) mass is 303 g/mol. The number of rotatable bonds is 2. The predicted octanol–water partition coefficient (Wildman–Crippen LogP) is 6.26. The molecule has 3 rings (SSSR count). The van der Waals surface area contributed by atoms with Gasteiger partial charge in [0.05, 0.1) is 0 Å². The van der Waals surface area contributed by atoms with Gasteiger partial charge in [-0.2, -0.15) is 0 Å². The number of aromatic amines is 1. The highest BCUT2D eigenvalue weighted by molar-refractivity contribution is 5.73. The zero-order chi connectivity index (χ0) is 16.6. The van der Waals surface area contributed by atoms with Crippen molar-refractivity contribution in [3.05, 3.63) is 71.4 Å². The molecule has 0 radical (unpaired) electrons. The average molecular weight is 303 g/mol. The molecule has 1 heterocycles. The fourth-order valence-electron chi connectivity index (χ4n) is 2.99. The Morgan fingerprint density at radius 3 is 2.09 bits per heavy atom. The quantitative estimate of drug-likeness (QED) is 0.575. The van der Waals surface area contributed by atoms with E-state index in [9.17, 15) is 0 Å². The summed E-state index contributed by atoms with van der Waals surface area (Å²) in [6, 6.07) is 17.7. The SMILES string of the molecule is Cc1ccc(-c2cc(-c3ccc(C(C)(C)C)cc3)c[nH]2)c(C)c1. The summed E-state index contributed by atoms with van der Waals surface area (Å²) in [5.41, 5.74) is 9.11. The summed E-state index contributed by atoms with van der Waals surface area (Å²) in [7, 11) is 0. The maximum absolute atomic E-state index is 3.43. The van der Waals surface area contributed by atoms with E-state index in [1.54, 1.807) is 0 Å². The molecule has 0 amide bonds. The zero-order valence-electron chi connectivity index (χ0n) is 14.7. The lowest BCUT2D eigenvalue weighted by molar-refractivity contribution is 0.590. The van der Waals surface area contributed by atoms with Crippen LogP contribution >= 0.6 is 0 Å². The second kappa shape index (κ2) is 5.73. The van der Waals surface area contributed by atoms with Gasteiger partial charge in [0, 0.05) is 17.5 Å². The molecule has 1 aromatic heterocycles. The van der Waals surface area contributed by atoms with Gasteiger partial charge in [0.1, 0.15) is 0 Å². The first kappa shape index (κ1) is 15.6. The first-order valence-corrected chi connectivity index (χ1v) is 8.21. The van der Waals surface area contributed by atoms with Crippen molar-refractivity contribution in [1.82, 2.24) is 4.98 Å². The highest BCUT2D eigenvalue weighted by atomic mass is 14.7. The van der Waals surface area contributed by atoms with Crippen molar-refractivity contribution < 1.29 is 0 Å². The summed E-state index contributed by atoms with van der Waals surface area (Å²) in [5, 5.41) is 0. The average Bonchev–Trinajstić information content (AvgIpc) is 2.96. The van der Waals surface area contributed by atoms with Gasteiger partial charge >= 0.3 is 0 Å². The van der Waals surface area contributed by atoms with E-state index in [1.807, 2.05) is 0 Å². The topological polar surface area (TPSA) is 15.8 Å². The predicted molar refractivity (Wildman–Crippen MR) is 99.8 cm³/mol. The second-order valence-electron chi connectivity index (χ2n) is 7.45. The van der Waals surface area contributed by atoms with Gasteiger partial charge in [0.2, 0.25) is 0 Å². The summed E-state index contributed by atoms with van der Waals surface area (Å²) in [6.45, 7) is 11.0. The normalized spacial score (nSPS) is 11.7. The molecule has 0 spiro atoms. The van der Waals surface area contributed by atoms with Gasteiger partial charge in [-0.25, -0.2) is 0 Å². The van der Waals surface area contributed by atoms with Crippen molar-refractivity contribution in [2.75, 3.05) is 0 Å². The van der Waals surface area contributed by atoms with Crippen molar-refractivity contribution >= 4 is 0 Å². The number of benzene rings is 2.